The Kier molecular flexibility index (Phi) is 4.68. The van der Waals surface area contributed by atoms with Crippen LogP contribution in [0.4, 0.5) is 5.69 Å². The largest absolute Gasteiger partial charge is 0.507 e. The third-order valence-electron chi connectivity index (χ3n) is 4.78. The normalized spacial score (nSPS) is 12.3. The molecular weight excluding hydrogens is 370 g/mol. The summed E-state index contributed by atoms with van der Waals surface area (Å²) in [6.45, 7) is 2.36. The van der Waals surface area contributed by atoms with Gasteiger partial charge in [-0.05, 0) is 24.6 Å². The Bertz CT molecular complexity index is 1140. The zero-order valence-electron chi connectivity index (χ0n) is 15.8. The summed E-state index contributed by atoms with van der Waals surface area (Å²) in [6.07, 6.45) is 0. The molecule has 0 saturated carbocycles. The van der Waals surface area contributed by atoms with Gasteiger partial charge in [0.15, 0.2) is 11.6 Å². The first-order valence-electron chi connectivity index (χ1n) is 9.13. The van der Waals surface area contributed by atoms with E-state index in [0.29, 0.717) is 5.75 Å². The van der Waals surface area contributed by atoms with Crippen LogP contribution in [0.15, 0.2) is 54.6 Å². The molecule has 0 aliphatic heterocycles. The van der Waals surface area contributed by atoms with Crippen LogP contribution in [0, 0.1) is 6.92 Å². The minimum Gasteiger partial charge on any atom is -0.507 e. The first-order valence-corrected chi connectivity index (χ1v) is 9.13. The number of phenolic OH excluding ortho intramolecular Hbond substituents is 1. The molecule has 0 bridgehead atoms. The van der Waals surface area contributed by atoms with Gasteiger partial charge in [-0.1, -0.05) is 36.4 Å². The lowest BCUT2D eigenvalue weighted by molar-refractivity contribution is 0.0977. The van der Waals surface area contributed by atoms with Crippen LogP contribution in [0.1, 0.15) is 37.4 Å². The zero-order chi connectivity index (χ0) is 20.5. The molecule has 3 aromatic carbocycles. The Labute approximate surface area is 167 Å². The van der Waals surface area contributed by atoms with Gasteiger partial charge >= 0.3 is 0 Å². The van der Waals surface area contributed by atoms with E-state index in [1.807, 2.05) is 31.2 Å². The second-order valence-electron chi connectivity index (χ2n) is 6.77. The number of ketones is 2. The van der Waals surface area contributed by atoms with Crippen molar-refractivity contribution in [1.29, 1.82) is 0 Å². The Balaban J connectivity index is 1.57. The number of carbonyl (C=O) groups excluding carboxylic acids is 2. The summed E-state index contributed by atoms with van der Waals surface area (Å²) >= 11 is 0. The Morgan fingerprint density at radius 2 is 1.52 bits per heavy atom. The van der Waals surface area contributed by atoms with Crippen molar-refractivity contribution in [3.8, 4) is 17.2 Å². The highest BCUT2D eigenvalue weighted by molar-refractivity contribution is 6.31. The molecule has 1 aliphatic rings. The fourth-order valence-electron chi connectivity index (χ4n) is 3.41. The van der Waals surface area contributed by atoms with Gasteiger partial charge < -0.3 is 20.3 Å². The van der Waals surface area contributed by atoms with Gasteiger partial charge in [0.2, 0.25) is 0 Å². The number of anilines is 1. The van der Waals surface area contributed by atoms with Crippen molar-refractivity contribution in [1.82, 2.24) is 0 Å². The number of ether oxygens (including phenoxy) is 2. The molecule has 0 fully saturated rings. The number of aryl methyl sites for hydroxylation is 1. The highest BCUT2D eigenvalue weighted by Gasteiger charge is 2.35. The SMILES string of the molecule is Cc1cccc(OCCOc2cc(O)c3c(c2N)C(=O)c2ccccc2C3=O)c1. The van der Waals surface area contributed by atoms with E-state index in [1.165, 1.54) is 6.07 Å². The topological polar surface area (TPSA) is 98.8 Å². The van der Waals surface area contributed by atoms with E-state index in [1.54, 1.807) is 24.3 Å². The lowest BCUT2D eigenvalue weighted by Crippen LogP contribution is -2.23. The lowest BCUT2D eigenvalue weighted by Gasteiger charge is -2.21. The monoisotopic (exact) mass is 389 g/mol. The fourth-order valence-corrected chi connectivity index (χ4v) is 3.41. The Morgan fingerprint density at radius 1 is 0.862 bits per heavy atom. The van der Waals surface area contributed by atoms with Crippen molar-refractivity contribution in [2.75, 3.05) is 18.9 Å². The van der Waals surface area contributed by atoms with Gasteiger partial charge in [0.05, 0.1) is 16.8 Å². The predicted octanol–water partition coefficient (Wildman–Crippen LogP) is 3.52. The maximum Gasteiger partial charge on any atom is 0.198 e. The van der Waals surface area contributed by atoms with Gasteiger partial charge in [0.25, 0.3) is 0 Å². The molecule has 0 aromatic heterocycles. The van der Waals surface area contributed by atoms with Crippen molar-refractivity contribution in [3.05, 3.63) is 82.4 Å². The molecule has 0 atom stereocenters. The summed E-state index contributed by atoms with van der Waals surface area (Å²) in [5.41, 5.74) is 7.65. The average Bonchev–Trinajstić information content (AvgIpc) is 2.71. The standard InChI is InChI=1S/C23H19NO5/c1-13-5-4-6-14(11-13)28-9-10-29-18-12-17(25)19-20(21(18)24)23(27)16-8-3-2-7-15(16)22(19)26/h2-8,11-12,25H,9-10,24H2,1H3. The Morgan fingerprint density at radius 3 is 2.21 bits per heavy atom. The van der Waals surface area contributed by atoms with Crippen LogP contribution in [0.25, 0.3) is 0 Å². The van der Waals surface area contributed by atoms with Crippen molar-refractivity contribution < 1.29 is 24.2 Å². The summed E-state index contributed by atoms with van der Waals surface area (Å²) in [5.74, 6) is -0.336. The molecule has 3 N–H and O–H groups in total. The zero-order valence-corrected chi connectivity index (χ0v) is 15.8. The van der Waals surface area contributed by atoms with E-state index in [2.05, 4.69) is 0 Å². The van der Waals surface area contributed by atoms with Crippen molar-refractivity contribution in [2.24, 2.45) is 0 Å². The van der Waals surface area contributed by atoms with Gasteiger partial charge in [-0.25, -0.2) is 0 Å². The molecule has 0 saturated heterocycles. The summed E-state index contributed by atoms with van der Waals surface area (Å²) in [4.78, 5) is 25.7. The van der Waals surface area contributed by atoms with E-state index in [0.717, 1.165) is 5.56 Å². The molecule has 0 unspecified atom stereocenters. The van der Waals surface area contributed by atoms with E-state index in [9.17, 15) is 14.7 Å². The average molecular weight is 389 g/mol. The third kappa shape index (κ3) is 3.29. The van der Waals surface area contributed by atoms with Gasteiger partial charge in [-0.2, -0.15) is 0 Å². The number of carbonyl (C=O) groups is 2. The number of fused-ring (bicyclic) bond motifs is 2. The minimum atomic E-state index is -0.436. The second kappa shape index (κ2) is 7.31. The van der Waals surface area contributed by atoms with Gasteiger partial charge in [-0.15, -0.1) is 0 Å². The molecule has 1 aliphatic carbocycles. The number of aromatic hydroxyl groups is 1. The van der Waals surface area contributed by atoms with Gasteiger partial charge in [0, 0.05) is 17.2 Å². The van der Waals surface area contributed by atoms with E-state index in [-0.39, 0.29) is 52.7 Å². The number of benzene rings is 3. The molecular formula is C23H19NO5. The first-order chi connectivity index (χ1) is 14.0. The minimum absolute atomic E-state index is 0.0247. The lowest BCUT2D eigenvalue weighted by atomic mass is 9.82. The van der Waals surface area contributed by atoms with E-state index in [4.69, 9.17) is 15.2 Å². The molecule has 0 spiro atoms. The third-order valence-corrected chi connectivity index (χ3v) is 4.78. The molecule has 0 radical (unpaired) electrons. The number of rotatable bonds is 5. The van der Waals surface area contributed by atoms with Crippen LogP contribution in [-0.4, -0.2) is 29.9 Å². The van der Waals surface area contributed by atoms with Crippen molar-refractivity contribution in [3.63, 3.8) is 0 Å². The van der Waals surface area contributed by atoms with E-state index >= 15 is 0 Å². The molecule has 0 heterocycles. The second-order valence-corrected chi connectivity index (χ2v) is 6.77. The summed E-state index contributed by atoms with van der Waals surface area (Å²) in [5, 5.41) is 10.4. The predicted molar refractivity (Wildman–Crippen MR) is 108 cm³/mol. The summed E-state index contributed by atoms with van der Waals surface area (Å²) < 4.78 is 11.3. The van der Waals surface area contributed by atoms with Crippen LogP contribution in [0.2, 0.25) is 0 Å². The molecule has 146 valence electrons. The fraction of sp³-hybridized carbons (Fsp3) is 0.130. The number of nitrogens with two attached hydrogens (primary N) is 1. The number of nitrogen functional groups attached to an aromatic ring is 1. The molecule has 29 heavy (non-hydrogen) atoms. The quantitative estimate of drug-likeness (QED) is 0.308. The van der Waals surface area contributed by atoms with Crippen LogP contribution in [0.5, 0.6) is 17.2 Å². The number of phenols is 1. The number of hydrogen-bond acceptors (Lipinski definition) is 6. The first kappa shape index (κ1) is 18.6. The highest BCUT2D eigenvalue weighted by atomic mass is 16.5. The maximum atomic E-state index is 12.9. The van der Waals surface area contributed by atoms with Gasteiger partial charge in [0.1, 0.15) is 30.5 Å². The van der Waals surface area contributed by atoms with Crippen LogP contribution in [0.3, 0.4) is 0 Å². The Hall–Kier alpha value is -3.80. The molecule has 3 aromatic rings. The summed E-state index contributed by atoms with van der Waals surface area (Å²) in [7, 11) is 0. The van der Waals surface area contributed by atoms with Gasteiger partial charge in [-0.3, -0.25) is 9.59 Å². The highest BCUT2D eigenvalue weighted by Crippen LogP contribution is 2.41. The molecule has 0 amide bonds. The van der Waals surface area contributed by atoms with Crippen LogP contribution >= 0.6 is 0 Å². The number of hydrogen-bond donors (Lipinski definition) is 2. The molecule has 6 heteroatoms. The molecule has 6 nitrogen and oxygen atoms in total. The van der Waals surface area contributed by atoms with Crippen molar-refractivity contribution in [2.45, 2.75) is 6.92 Å². The van der Waals surface area contributed by atoms with Crippen LogP contribution < -0.4 is 15.2 Å². The maximum absolute atomic E-state index is 12.9. The van der Waals surface area contributed by atoms with Crippen molar-refractivity contribution >= 4 is 17.3 Å². The summed E-state index contributed by atoms with van der Waals surface area (Å²) in [6, 6.07) is 15.3. The molecule has 4 rings (SSSR count). The van der Waals surface area contributed by atoms with Crippen LogP contribution in [-0.2, 0) is 0 Å². The smallest absolute Gasteiger partial charge is 0.198 e. The van der Waals surface area contributed by atoms with E-state index < -0.39 is 11.6 Å².